The van der Waals surface area contributed by atoms with Crippen molar-refractivity contribution in [2.75, 3.05) is 65.4 Å². The number of nitrogens with one attached hydrogen (secondary N) is 1. The number of benzene rings is 1. The van der Waals surface area contributed by atoms with Gasteiger partial charge in [0, 0.05) is 58.0 Å². The molecule has 1 aromatic carbocycles. The summed E-state index contributed by atoms with van der Waals surface area (Å²) in [6, 6.07) is 9.12. The Morgan fingerprint density at radius 1 is 1.15 bits per heavy atom. The SMILES string of the molecule is CN=C(NCCN(C)C1CCCC1)N1CCN(c2ccc(OC)cc2)CC1. The van der Waals surface area contributed by atoms with Crippen LogP contribution < -0.4 is 15.0 Å². The molecule has 3 rings (SSSR count). The minimum absolute atomic E-state index is 0.779. The fourth-order valence-electron chi connectivity index (χ4n) is 4.17. The highest BCUT2D eigenvalue weighted by Gasteiger charge is 2.21. The van der Waals surface area contributed by atoms with E-state index in [0.717, 1.165) is 57.0 Å². The Balaban J connectivity index is 1.42. The van der Waals surface area contributed by atoms with Crippen LogP contribution in [0.4, 0.5) is 5.69 Å². The van der Waals surface area contributed by atoms with Crippen molar-refractivity contribution in [3.05, 3.63) is 24.3 Å². The molecule has 1 saturated carbocycles. The van der Waals surface area contributed by atoms with Gasteiger partial charge in [0.1, 0.15) is 5.75 Å². The van der Waals surface area contributed by atoms with Gasteiger partial charge in [0.25, 0.3) is 0 Å². The largest absolute Gasteiger partial charge is 0.497 e. The first-order chi connectivity index (χ1) is 13.2. The van der Waals surface area contributed by atoms with Gasteiger partial charge in [-0.05, 0) is 44.2 Å². The van der Waals surface area contributed by atoms with Crippen LogP contribution in [0.25, 0.3) is 0 Å². The van der Waals surface area contributed by atoms with E-state index in [1.54, 1.807) is 7.11 Å². The molecule has 0 radical (unpaired) electrons. The summed E-state index contributed by atoms with van der Waals surface area (Å²) in [6.07, 6.45) is 5.50. The number of piperazine rings is 1. The topological polar surface area (TPSA) is 43.3 Å². The van der Waals surface area contributed by atoms with E-state index in [-0.39, 0.29) is 0 Å². The number of anilines is 1. The van der Waals surface area contributed by atoms with Gasteiger partial charge in [-0.2, -0.15) is 0 Å². The number of rotatable bonds is 6. The van der Waals surface area contributed by atoms with Gasteiger partial charge in [-0.15, -0.1) is 0 Å². The van der Waals surface area contributed by atoms with Crippen molar-refractivity contribution in [2.45, 2.75) is 31.7 Å². The number of hydrogen-bond acceptors (Lipinski definition) is 4. The lowest BCUT2D eigenvalue weighted by atomic mass is 10.2. The zero-order chi connectivity index (χ0) is 19.1. The monoisotopic (exact) mass is 373 g/mol. The van der Waals surface area contributed by atoms with Crippen LogP contribution >= 0.6 is 0 Å². The second-order valence-electron chi connectivity index (χ2n) is 7.57. The Kier molecular flexibility index (Phi) is 7.21. The fourth-order valence-corrected chi connectivity index (χ4v) is 4.17. The lowest BCUT2D eigenvalue weighted by molar-refractivity contribution is 0.248. The maximum absolute atomic E-state index is 5.25. The number of guanidine groups is 1. The third-order valence-electron chi connectivity index (χ3n) is 5.92. The first-order valence-electron chi connectivity index (χ1n) is 10.3. The van der Waals surface area contributed by atoms with Crippen LogP contribution in [0.15, 0.2) is 29.3 Å². The average molecular weight is 374 g/mol. The molecular weight excluding hydrogens is 338 g/mol. The molecular formula is C21H35N5O. The van der Waals surface area contributed by atoms with Gasteiger partial charge < -0.3 is 24.8 Å². The van der Waals surface area contributed by atoms with E-state index in [0.29, 0.717) is 0 Å². The van der Waals surface area contributed by atoms with E-state index in [4.69, 9.17) is 4.74 Å². The molecule has 1 N–H and O–H groups in total. The van der Waals surface area contributed by atoms with Gasteiger partial charge in [0.05, 0.1) is 7.11 Å². The lowest BCUT2D eigenvalue weighted by Gasteiger charge is -2.38. The highest BCUT2D eigenvalue weighted by Crippen LogP contribution is 2.22. The summed E-state index contributed by atoms with van der Waals surface area (Å²) in [5.74, 6) is 1.94. The van der Waals surface area contributed by atoms with E-state index in [1.807, 2.05) is 19.2 Å². The average Bonchev–Trinajstić information content (AvgIpc) is 3.26. The minimum Gasteiger partial charge on any atom is -0.497 e. The van der Waals surface area contributed by atoms with Crippen LogP contribution in [0.5, 0.6) is 5.75 Å². The van der Waals surface area contributed by atoms with Crippen LogP contribution in [0.3, 0.4) is 0 Å². The van der Waals surface area contributed by atoms with Gasteiger partial charge in [0.2, 0.25) is 0 Å². The second-order valence-corrected chi connectivity index (χ2v) is 7.57. The van der Waals surface area contributed by atoms with Crippen LogP contribution in [0, 0.1) is 0 Å². The molecule has 1 aliphatic heterocycles. The highest BCUT2D eigenvalue weighted by atomic mass is 16.5. The Labute approximate surface area is 164 Å². The summed E-state index contributed by atoms with van der Waals surface area (Å²) in [6.45, 7) is 6.03. The standard InChI is InChI=1S/C21H35N5O/c1-22-21(23-12-13-24(2)18-6-4-5-7-18)26-16-14-25(15-17-26)19-8-10-20(27-3)11-9-19/h8-11,18H,4-7,12-17H2,1-3H3,(H,22,23). The summed E-state index contributed by atoms with van der Waals surface area (Å²) in [5, 5.41) is 3.56. The van der Waals surface area contributed by atoms with Crippen molar-refractivity contribution in [2.24, 2.45) is 4.99 Å². The zero-order valence-corrected chi connectivity index (χ0v) is 17.2. The molecule has 27 heavy (non-hydrogen) atoms. The molecule has 2 fully saturated rings. The van der Waals surface area contributed by atoms with Gasteiger partial charge >= 0.3 is 0 Å². The van der Waals surface area contributed by atoms with Crippen molar-refractivity contribution < 1.29 is 4.74 Å². The number of methoxy groups -OCH3 is 1. The predicted molar refractivity (Wildman–Crippen MR) is 113 cm³/mol. The summed E-state index contributed by atoms with van der Waals surface area (Å²) < 4.78 is 5.25. The molecule has 6 heteroatoms. The molecule has 1 aliphatic carbocycles. The fraction of sp³-hybridized carbons (Fsp3) is 0.667. The maximum Gasteiger partial charge on any atom is 0.193 e. The summed E-state index contributed by atoms with van der Waals surface area (Å²) >= 11 is 0. The Morgan fingerprint density at radius 2 is 1.81 bits per heavy atom. The molecule has 1 saturated heterocycles. The quantitative estimate of drug-likeness (QED) is 0.612. The number of aliphatic imine (C=N–C) groups is 1. The number of ether oxygens (including phenoxy) is 1. The van der Waals surface area contributed by atoms with Crippen LogP contribution in [0.1, 0.15) is 25.7 Å². The minimum atomic E-state index is 0.779. The lowest BCUT2D eigenvalue weighted by Crippen LogP contribution is -2.53. The highest BCUT2D eigenvalue weighted by molar-refractivity contribution is 5.80. The molecule has 0 unspecified atom stereocenters. The first-order valence-corrected chi connectivity index (χ1v) is 10.3. The first kappa shape index (κ1) is 19.8. The van der Waals surface area contributed by atoms with Crippen molar-refractivity contribution in [1.29, 1.82) is 0 Å². The van der Waals surface area contributed by atoms with E-state index in [1.165, 1.54) is 31.4 Å². The van der Waals surface area contributed by atoms with Crippen molar-refractivity contribution in [3.63, 3.8) is 0 Å². The maximum atomic E-state index is 5.25. The zero-order valence-electron chi connectivity index (χ0n) is 17.2. The molecule has 0 aromatic heterocycles. The molecule has 1 heterocycles. The van der Waals surface area contributed by atoms with Crippen molar-refractivity contribution in [1.82, 2.24) is 15.1 Å². The molecule has 6 nitrogen and oxygen atoms in total. The van der Waals surface area contributed by atoms with E-state index in [2.05, 4.69) is 44.2 Å². The second kappa shape index (κ2) is 9.83. The van der Waals surface area contributed by atoms with Gasteiger partial charge in [-0.3, -0.25) is 4.99 Å². The molecule has 150 valence electrons. The van der Waals surface area contributed by atoms with E-state index >= 15 is 0 Å². The van der Waals surface area contributed by atoms with Crippen molar-refractivity contribution in [3.8, 4) is 5.75 Å². The Morgan fingerprint density at radius 3 is 2.41 bits per heavy atom. The number of hydrogen-bond donors (Lipinski definition) is 1. The van der Waals surface area contributed by atoms with E-state index in [9.17, 15) is 0 Å². The molecule has 2 aliphatic rings. The van der Waals surface area contributed by atoms with Gasteiger partial charge in [0.15, 0.2) is 5.96 Å². The van der Waals surface area contributed by atoms with Crippen molar-refractivity contribution >= 4 is 11.6 Å². The molecule has 0 bridgehead atoms. The summed E-state index contributed by atoms with van der Waals surface area (Å²) in [7, 11) is 5.85. The van der Waals surface area contributed by atoms with Gasteiger partial charge in [-0.1, -0.05) is 12.8 Å². The molecule has 0 atom stereocenters. The third kappa shape index (κ3) is 5.28. The predicted octanol–water partition coefficient (Wildman–Crippen LogP) is 2.27. The Hall–Kier alpha value is -1.95. The third-order valence-corrected chi connectivity index (χ3v) is 5.92. The number of nitrogens with zero attached hydrogens (tertiary/aromatic N) is 4. The smallest absolute Gasteiger partial charge is 0.193 e. The molecule has 0 amide bonds. The van der Waals surface area contributed by atoms with Gasteiger partial charge in [-0.25, -0.2) is 0 Å². The molecule has 0 spiro atoms. The van der Waals surface area contributed by atoms with Crippen LogP contribution in [-0.2, 0) is 0 Å². The summed E-state index contributed by atoms with van der Waals surface area (Å²) in [5.41, 5.74) is 1.26. The normalized spacial score (nSPS) is 19.0. The van der Waals surface area contributed by atoms with Crippen LogP contribution in [-0.4, -0.2) is 82.3 Å². The molecule has 1 aromatic rings. The summed E-state index contributed by atoms with van der Waals surface area (Å²) in [4.78, 5) is 11.8. The Bertz CT molecular complexity index is 589. The van der Waals surface area contributed by atoms with E-state index < -0.39 is 0 Å². The number of likely N-dealkylation sites (N-methyl/N-ethyl adjacent to an activating group) is 1. The van der Waals surface area contributed by atoms with Crippen LogP contribution in [0.2, 0.25) is 0 Å².